The first kappa shape index (κ1) is 21.8. The third kappa shape index (κ3) is 6.85. The fourth-order valence-corrected chi connectivity index (χ4v) is 2.87. The second kappa shape index (κ2) is 11.3. The highest BCUT2D eigenvalue weighted by atomic mass is 127. The van der Waals surface area contributed by atoms with Crippen LogP contribution in [0.1, 0.15) is 23.7 Å². The average Bonchev–Trinajstić information content (AvgIpc) is 2.97. The SMILES string of the molecule is CCNC(=NCc1ccc(F)cc1CSC)NCc1ccnn1C.I. The Balaban J connectivity index is 0.00000312. The van der Waals surface area contributed by atoms with Crippen LogP contribution in [0.25, 0.3) is 0 Å². The van der Waals surface area contributed by atoms with Crippen LogP contribution in [0.5, 0.6) is 0 Å². The van der Waals surface area contributed by atoms with Crippen molar-refractivity contribution < 1.29 is 4.39 Å². The Morgan fingerprint density at radius 2 is 2.08 bits per heavy atom. The highest BCUT2D eigenvalue weighted by Crippen LogP contribution is 2.17. The summed E-state index contributed by atoms with van der Waals surface area (Å²) in [6.07, 6.45) is 3.78. The zero-order valence-electron chi connectivity index (χ0n) is 14.8. The topological polar surface area (TPSA) is 54.2 Å². The summed E-state index contributed by atoms with van der Waals surface area (Å²) in [5, 5.41) is 10.7. The molecule has 0 spiro atoms. The number of benzene rings is 1. The summed E-state index contributed by atoms with van der Waals surface area (Å²) in [7, 11) is 1.91. The molecule has 0 radical (unpaired) electrons. The molecule has 0 amide bonds. The zero-order valence-corrected chi connectivity index (χ0v) is 17.9. The van der Waals surface area contributed by atoms with Gasteiger partial charge >= 0.3 is 0 Å². The molecule has 0 aliphatic carbocycles. The number of thioether (sulfide) groups is 1. The van der Waals surface area contributed by atoms with Crippen molar-refractivity contribution in [3.05, 3.63) is 53.1 Å². The van der Waals surface area contributed by atoms with Crippen molar-refractivity contribution in [1.29, 1.82) is 0 Å². The van der Waals surface area contributed by atoms with E-state index in [2.05, 4.69) is 20.7 Å². The summed E-state index contributed by atoms with van der Waals surface area (Å²) in [5.41, 5.74) is 3.11. The molecule has 0 aliphatic rings. The van der Waals surface area contributed by atoms with E-state index in [1.165, 1.54) is 6.07 Å². The molecule has 0 fully saturated rings. The maximum Gasteiger partial charge on any atom is 0.191 e. The monoisotopic (exact) mass is 477 g/mol. The van der Waals surface area contributed by atoms with E-state index in [0.29, 0.717) is 13.1 Å². The van der Waals surface area contributed by atoms with Gasteiger partial charge in [0.2, 0.25) is 0 Å². The van der Waals surface area contributed by atoms with Crippen molar-refractivity contribution in [2.75, 3.05) is 12.8 Å². The van der Waals surface area contributed by atoms with E-state index < -0.39 is 0 Å². The summed E-state index contributed by atoms with van der Waals surface area (Å²) >= 11 is 1.68. The Morgan fingerprint density at radius 3 is 2.72 bits per heavy atom. The minimum absolute atomic E-state index is 0. The van der Waals surface area contributed by atoms with Gasteiger partial charge in [0.1, 0.15) is 5.82 Å². The van der Waals surface area contributed by atoms with Crippen molar-refractivity contribution in [2.45, 2.75) is 25.8 Å². The lowest BCUT2D eigenvalue weighted by molar-refractivity contribution is 0.625. The molecule has 0 aliphatic heterocycles. The molecule has 138 valence electrons. The van der Waals surface area contributed by atoms with Crippen molar-refractivity contribution >= 4 is 41.7 Å². The Bertz CT molecular complexity index is 689. The molecule has 1 heterocycles. The standard InChI is InChI=1S/C17H24FN5S.HI/c1-4-19-17(21-11-16-7-8-22-23(16)2)20-10-13-5-6-15(18)9-14(13)12-24-3;/h5-9H,4,10-12H2,1-3H3,(H2,19,20,21);1H. The van der Waals surface area contributed by atoms with Crippen LogP contribution in [0.15, 0.2) is 35.5 Å². The Hall–Kier alpha value is -1.29. The van der Waals surface area contributed by atoms with Gasteiger partial charge in [0, 0.05) is 25.5 Å². The molecule has 8 heteroatoms. The fourth-order valence-electron chi connectivity index (χ4n) is 2.29. The molecule has 2 rings (SSSR count). The van der Waals surface area contributed by atoms with Crippen LogP contribution in [-0.4, -0.2) is 28.5 Å². The summed E-state index contributed by atoms with van der Waals surface area (Å²) in [6.45, 7) is 3.96. The van der Waals surface area contributed by atoms with E-state index in [-0.39, 0.29) is 29.8 Å². The lowest BCUT2D eigenvalue weighted by Crippen LogP contribution is -2.37. The summed E-state index contributed by atoms with van der Waals surface area (Å²) in [5.74, 6) is 1.31. The molecule has 25 heavy (non-hydrogen) atoms. The normalized spacial score (nSPS) is 11.1. The number of guanidine groups is 1. The average molecular weight is 477 g/mol. The molecular formula is C17H25FIN5S. The number of halogens is 2. The van der Waals surface area contributed by atoms with Crippen LogP contribution in [0.3, 0.4) is 0 Å². The number of hydrogen-bond donors (Lipinski definition) is 2. The van der Waals surface area contributed by atoms with Gasteiger partial charge in [0.05, 0.1) is 18.8 Å². The van der Waals surface area contributed by atoms with Crippen molar-refractivity contribution in [3.8, 4) is 0 Å². The predicted octanol–water partition coefficient (Wildman–Crippen LogP) is 3.30. The number of rotatable bonds is 7. The minimum Gasteiger partial charge on any atom is -0.357 e. The predicted molar refractivity (Wildman–Crippen MR) is 114 cm³/mol. The first-order chi connectivity index (χ1) is 11.6. The maximum atomic E-state index is 13.4. The van der Waals surface area contributed by atoms with Crippen LogP contribution < -0.4 is 10.6 Å². The molecule has 1 aromatic carbocycles. The molecule has 0 saturated heterocycles. The van der Waals surface area contributed by atoms with E-state index in [9.17, 15) is 4.39 Å². The molecule has 1 aromatic heterocycles. The van der Waals surface area contributed by atoms with E-state index in [1.807, 2.05) is 37.0 Å². The van der Waals surface area contributed by atoms with Crippen LogP contribution in [-0.2, 0) is 25.9 Å². The molecule has 0 atom stereocenters. The smallest absolute Gasteiger partial charge is 0.191 e. The first-order valence-corrected chi connectivity index (χ1v) is 9.28. The number of aromatic nitrogens is 2. The van der Waals surface area contributed by atoms with Crippen molar-refractivity contribution in [3.63, 3.8) is 0 Å². The van der Waals surface area contributed by atoms with Gasteiger partial charge < -0.3 is 10.6 Å². The molecule has 0 saturated carbocycles. The number of nitrogens with one attached hydrogen (secondary N) is 2. The van der Waals surface area contributed by atoms with Gasteiger partial charge in [-0.3, -0.25) is 4.68 Å². The number of nitrogens with zero attached hydrogens (tertiary/aromatic N) is 3. The second-order valence-electron chi connectivity index (χ2n) is 5.34. The Kier molecular flexibility index (Phi) is 9.88. The highest BCUT2D eigenvalue weighted by Gasteiger charge is 2.05. The van der Waals surface area contributed by atoms with Crippen LogP contribution in [0.4, 0.5) is 4.39 Å². The van der Waals surface area contributed by atoms with Crippen LogP contribution in [0.2, 0.25) is 0 Å². The van der Waals surface area contributed by atoms with E-state index in [1.54, 1.807) is 24.0 Å². The van der Waals surface area contributed by atoms with Crippen molar-refractivity contribution in [1.82, 2.24) is 20.4 Å². The van der Waals surface area contributed by atoms with E-state index >= 15 is 0 Å². The minimum atomic E-state index is -0.201. The molecule has 0 bridgehead atoms. The Labute approximate surface area is 169 Å². The lowest BCUT2D eigenvalue weighted by Gasteiger charge is -2.12. The quantitative estimate of drug-likeness (QED) is 0.365. The maximum absolute atomic E-state index is 13.4. The van der Waals surface area contributed by atoms with Gasteiger partial charge in [-0.2, -0.15) is 16.9 Å². The molecular weight excluding hydrogens is 452 g/mol. The Morgan fingerprint density at radius 1 is 1.28 bits per heavy atom. The van der Waals surface area contributed by atoms with Gasteiger partial charge in [-0.1, -0.05) is 6.07 Å². The van der Waals surface area contributed by atoms with Gasteiger partial charge in [0.15, 0.2) is 5.96 Å². The highest BCUT2D eigenvalue weighted by molar-refractivity contribution is 14.0. The van der Waals surface area contributed by atoms with Gasteiger partial charge in [-0.05, 0) is 42.5 Å². The van der Waals surface area contributed by atoms with Gasteiger partial charge in [0.25, 0.3) is 0 Å². The lowest BCUT2D eigenvalue weighted by atomic mass is 10.1. The molecule has 5 nitrogen and oxygen atoms in total. The van der Waals surface area contributed by atoms with Crippen LogP contribution >= 0.6 is 35.7 Å². The number of hydrogen-bond acceptors (Lipinski definition) is 3. The summed E-state index contributed by atoms with van der Waals surface area (Å²) in [6, 6.07) is 6.87. The third-order valence-corrected chi connectivity index (χ3v) is 4.18. The summed E-state index contributed by atoms with van der Waals surface area (Å²) in [4.78, 5) is 4.62. The van der Waals surface area contributed by atoms with Crippen LogP contribution in [0, 0.1) is 5.82 Å². The van der Waals surface area contributed by atoms with Gasteiger partial charge in [-0.15, -0.1) is 24.0 Å². The van der Waals surface area contributed by atoms with Crippen molar-refractivity contribution in [2.24, 2.45) is 12.0 Å². The zero-order chi connectivity index (χ0) is 17.4. The first-order valence-electron chi connectivity index (χ1n) is 7.89. The van der Waals surface area contributed by atoms with E-state index in [4.69, 9.17) is 0 Å². The number of aryl methyl sites for hydroxylation is 1. The largest absolute Gasteiger partial charge is 0.357 e. The van der Waals surface area contributed by atoms with Gasteiger partial charge in [-0.25, -0.2) is 9.38 Å². The van der Waals surface area contributed by atoms with E-state index in [0.717, 1.165) is 35.1 Å². The number of aliphatic imine (C=N–C) groups is 1. The fraction of sp³-hybridized carbons (Fsp3) is 0.412. The second-order valence-corrected chi connectivity index (χ2v) is 6.21. The molecule has 2 N–H and O–H groups in total. The molecule has 0 unspecified atom stereocenters. The summed E-state index contributed by atoms with van der Waals surface area (Å²) < 4.78 is 15.3. The molecule has 2 aromatic rings. The third-order valence-electron chi connectivity index (χ3n) is 3.58.